The van der Waals surface area contributed by atoms with Gasteiger partial charge in [-0.3, -0.25) is 0 Å². The average Bonchev–Trinajstić information content (AvgIpc) is 2.07. The summed E-state index contributed by atoms with van der Waals surface area (Å²) in [4.78, 5) is 0. The maximum Gasteiger partial charge on any atom is 0.186 e. The van der Waals surface area contributed by atoms with E-state index < -0.39 is 5.82 Å². The van der Waals surface area contributed by atoms with E-state index in [1.807, 2.05) is 0 Å². The van der Waals surface area contributed by atoms with Gasteiger partial charge >= 0.3 is 0 Å². The van der Waals surface area contributed by atoms with Crippen molar-refractivity contribution < 1.29 is 9.60 Å². The van der Waals surface area contributed by atoms with Crippen LogP contribution in [0, 0.1) is 17.1 Å². The van der Waals surface area contributed by atoms with Crippen LogP contribution in [0.3, 0.4) is 0 Å². The molecule has 1 N–H and O–H groups in total. The Hall–Kier alpha value is -1.89. The number of hydrogen-bond donors (Lipinski definition) is 1. The summed E-state index contributed by atoms with van der Waals surface area (Å²) in [6.07, 6.45) is 0. The Morgan fingerprint density at radius 2 is 2.33 bits per heavy atom. The summed E-state index contributed by atoms with van der Waals surface area (Å²) in [7, 11) is 0. The molecule has 60 valence electrons. The van der Waals surface area contributed by atoms with Gasteiger partial charge in [0.05, 0.1) is 0 Å². The van der Waals surface area contributed by atoms with E-state index in [4.69, 9.17) is 10.5 Å². The number of nitrogens with zero attached hydrogens (tertiary/aromatic N) is 2. The molecule has 0 atom stereocenters. The van der Waals surface area contributed by atoms with Gasteiger partial charge in [0.25, 0.3) is 0 Å². The number of benzene rings is 1. The van der Waals surface area contributed by atoms with Crippen LogP contribution >= 0.6 is 0 Å². The van der Waals surface area contributed by atoms with Crippen LogP contribution in [0.1, 0.15) is 5.56 Å². The summed E-state index contributed by atoms with van der Waals surface area (Å²) in [6.45, 7) is 0. The highest BCUT2D eigenvalue weighted by atomic mass is 19.1. The fourth-order valence-electron chi connectivity index (χ4n) is 0.780. The highest BCUT2D eigenvalue weighted by Gasteiger charge is 2.02. The first-order valence-electron chi connectivity index (χ1n) is 3.16. The molecular weight excluding hydrogens is 159 g/mol. The molecule has 0 heterocycles. The number of hydrogen-bond acceptors (Lipinski definition) is 3. The van der Waals surface area contributed by atoms with Crippen molar-refractivity contribution in [2.75, 3.05) is 0 Å². The second kappa shape index (κ2) is 3.49. The third-order valence-corrected chi connectivity index (χ3v) is 1.30. The molecule has 0 saturated carbocycles. The first-order valence-corrected chi connectivity index (χ1v) is 3.16. The molecule has 0 aliphatic carbocycles. The summed E-state index contributed by atoms with van der Waals surface area (Å²) < 4.78 is 12.6. The molecule has 4 heteroatoms. The Morgan fingerprint density at radius 3 is 2.83 bits per heavy atom. The number of oxime groups is 1. The number of nitriles is 1. The van der Waals surface area contributed by atoms with Gasteiger partial charge in [0, 0.05) is 5.56 Å². The first-order chi connectivity index (χ1) is 5.77. The van der Waals surface area contributed by atoms with Gasteiger partial charge in [-0.25, -0.2) is 4.39 Å². The zero-order valence-corrected chi connectivity index (χ0v) is 6.03. The van der Waals surface area contributed by atoms with Crippen molar-refractivity contribution in [3.05, 3.63) is 35.6 Å². The molecule has 0 amide bonds. The van der Waals surface area contributed by atoms with Crippen LogP contribution in [-0.4, -0.2) is 10.9 Å². The predicted molar refractivity (Wildman–Crippen MR) is 40.3 cm³/mol. The standard InChI is InChI=1S/C8H5FN2O/c9-7-3-1-2-6(4-7)8(5-10)11-12/h1-4,12H. The van der Waals surface area contributed by atoms with E-state index in [2.05, 4.69) is 5.16 Å². The minimum atomic E-state index is -0.469. The molecule has 0 aliphatic rings. The molecule has 1 aromatic carbocycles. The third kappa shape index (κ3) is 1.58. The van der Waals surface area contributed by atoms with Gasteiger partial charge in [-0.15, -0.1) is 0 Å². The van der Waals surface area contributed by atoms with Crippen molar-refractivity contribution in [2.45, 2.75) is 0 Å². The lowest BCUT2D eigenvalue weighted by Crippen LogP contribution is -1.96. The lowest BCUT2D eigenvalue weighted by Gasteiger charge is -1.94. The Labute approximate surface area is 68.4 Å². The molecule has 0 aromatic heterocycles. The van der Waals surface area contributed by atoms with Crippen LogP contribution in [0.5, 0.6) is 0 Å². The lowest BCUT2D eigenvalue weighted by molar-refractivity contribution is 0.320. The summed E-state index contributed by atoms with van der Waals surface area (Å²) >= 11 is 0. The molecule has 3 nitrogen and oxygen atoms in total. The Morgan fingerprint density at radius 1 is 1.58 bits per heavy atom. The summed E-state index contributed by atoms with van der Waals surface area (Å²) in [5.74, 6) is -0.469. The Bertz CT molecular complexity index is 354. The highest BCUT2D eigenvalue weighted by Crippen LogP contribution is 2.04. The maximum atomic E-state index is 12.6. The van der Waals surface area contributed by atoms with Crippen LogP contribution in [0.4, 0.5) is 4.39 Å². The number of rotatable bonds is 1. The highest BCUT2D eigenvalue weighted by molar-refractivity contribution is 6.11. The van der Waals surface area contributed by atoms with E-state index in [0.717, 1.165) is 6.07 Å². The zero-order valence-electron chi connectivity index (χ0n) is 6.03. The van der Waals surface area contributed by atoms with Gasteiger partial charge in [0.2, 0.25) is 0 Å². The predicted octanol–water partition coefficient (Wildman–Crippen LogP) is 1.53. The van der Waals surface area contributed by atoms with Crippen molar-refractivity contribution in [3.63, 3.8) is 0 Å². The van der Waals surface area contributed by atoms with Gasteiger partial charge in [-0.2, -0.15) is 5.26 Å². The van der Waals surface area contributed by atoms with E-state index >= 15 is 0 Å². The molecule has 1 rings (SSSR count). The quantitative estimate of drug-likeness (QED) is 0.388. The van der Waals surface area contributed by atoms with Crippen LogP contribution < -0.4 is 0 Å². The van der Waals surface area contributed by atoms with Crippen LogP contribution in [0.25, 0.3) is 0 Å². The van der Waals surface area contributed by atoms with E-state index in [1.54, 1.807) is 6.07 Å². The molecule has 1 aromatic rings. The monoisotopic (exact) mass is 164 g/mol. The normalized spacial score (nSPS) is 10.8. The second-order valence-corrected chi connectivity index (χ2v) is 2.07. The van der Waals surface area contributed by atoms with Gasteiger partial charge < -0.3 is 5.21 Å². The molecular formula is C8H5FN2O. The lowest BCUT2D eigenvalue weighted by atomic mass is 10.1. The van der Waals surface area contributed by atoms with Crippen molar-refractivity contribution in [3.8, 4) is 6.07 Å². The summed E-state index contributed by atoms with van der Waals surface area (Å²) in [5, 5.41) is 19.4. The molecule has 0 saturated heterocycles. The zero-order chi connectivity index (χ0) is 8.97. The topological polar surface area (TPSA) is 56.4 Å². The largest absolute Gasteiger partial charge is 0.410 e. The summed E-state index contributed by atoms with van der Waals surface area (Å²) in [6, 6.07) is 6.92. The minimum Gasteiger partial charge on any atom is -0.410 e. The van der Waals surface area contributed by atoms with E-state index in [-0.39, 0.29) is 11.3 Å². The van der Waals surface area contributed by atoms with Crippen molar-refractivity contribution in [1.82, 2.24) is 0 Å². The summed E-state index contributed by atoms with van der Waals surface area (Å²) in [5.41, 5.74) is 0.0644. The van der Waals surface area contributed by atoms with Crippen LogP contribution in [-0.2, 0) is 0 Å². The van der Waals surface area contributed by atoms with Crippen LogP contribution in [0.2, 0.25) is 0 Å². The first kappa shape index (κ1) is 8.21. The fraction of sp³-hybridized carbons (Fsp3) is 0. The fourth-order valence-corrected chi connectivity index (χ4v) is 0.780. The van der Waals surface area contributed by atoms with Crippen LogP contribution in [0.15, 0.2) is 29.4 Å². The van der Waals surface area contributed by atoms with Crippen molar-refractivity contribution in [1.29, 1.82) is 5.26 Å². The molecule has 0 aliphatic heterocycles. The molecule has 0 spiro atoms. The third-order valence-electron chi connectivity index (χ3n) is 1.30. The van der Waals surface area contributed by atoms with Crippen molar-refractivity contribution >= 4 is 5.71 Å². The average molecular weight is 164 g/mol. The van der Waals surface area contributed by atoms with Gasteiger partial charge in [-0.1, -0.05) is 17.3 Å². The molecule has 0 radical (unpaired) electrons. The van der Waals surface area contributed by atoms with Crippen molar-refractivity contribution in [2.24, 2.45) is 5.16 Å². The van der Waals surface area contributed by atoms with E-state index in [0.29, 0.717) is 0 Å². The Kier molecular flexibility index (Phi) is 2.38. The smallest absolute Gasteiger partial charge is 0.186 e. The SMILES string of the molecule is N#CC(=NO)c1cccc(F)c1. The maximum absolute atomic E-state index is 12.6. The molecule has 0 unspecified atom stereocenters. The molecule has 12 heavy (non-hydrogen) atoms. The minimum absolute atomic E-state index is 0.200. The van der Waals surface area contributed by atoms with E-state index in [9.17, 15) is 4.39 Å². The second-order valence-electron chi connectivity index (χ2n) is 2.07. The van der Waals surface area contributed by atoms with E-state index in [1.165, 1.54) is 18.2 Å². The Balaban J connectivity index is 3.13. The van der Waals surface area contributed by atoms with Gasteiger partial charge in [-0.05, 0) is 12.1 Å². The van der Waals surface area contributed by atoms with Gasteiger partial charge in [0.15, 0.2) is 5.71 Å². The molecule has 0 bridgehead atoms. The number of halogens is 1. The molecule has 0 fully saturated rings. The van der Waals surface area contributed by atoms with Gasteiger partial charge in [0.1, 0.15) is 11.9 Å².